The molecular weight excluding hydrogens is 434 g/mol. The molecule has 0 radical (unpaired) electrons. The fourth-order valence-corrected chi connectivity index (χ4v) is 3.73. The van der Waals surface area contributed by atoms with E-state index in [1.165, 1.54) is 12.1 Å². The summed E-state index contributed by atoms with van der Waals surface area (Å²) >= 11 is 6.00. The van der Waals surface area contributed by atoms with E-state index in [0.717, 1.165) is 18.2 Å². The lowest BCUT2D eigenvalue weighted by Crippen LogP contribution is -2.15. The zero-order valence-corrected chi connectivity index (χ0v) is 14.2. The van der Waals surface area contributed by atoms with Gasteiger partial charge in [-0.3, -0.25) is 4.72 Å². The maximum absolute atomic E-state index is 13.3. The van der Waals surface area contributed by atoms with Crippen molar-refractivity contribution < 1.29 is 17.2 Å². The molecule has 2 aromatic carbocycles. The van der Waals surface area contributed by atoms with E-state index in [9.17, 15) is 17.2 Å². The summed E-state index contributed by atoms with van der Waals surface area (Å²) < 4.78 is 53.5. The summed E-state index contributed by atoms with van der Waals surface area (Å²) in [7, 11) is -4.09. The van der Waals surface area contributed by atoms with Crippen LogP contribution in [0.5, 0.6) is 0 Å². The zero-order chi connectivity index (χ0) is 15.8. The van der Waals surface area contributed by atoms with Gasteiger partial charge >= 0.3 is 0 Å². The highest BCUT2D eigenvalue weighted by Crippen LogP contribution is 2.30. The molecule has 0 atom stereocenters. The molecule has 0 aliphatic carbocycles. The molecule has 0 aromatic heterocycles. The van der Waals surface area contributed by atoms with Gasteiger partial charge in [0.15, 0.2) is 0 Å². The van der Waals surface area contributed by atoms with E-state index in [1.807, 2.05) is 0 Å². The van der Waals surface area contributed by atoms with Gasteiger partial charge in [0.2, 0.25) is 0 Å². The van der Waals surface area contributed by atoms with Gasteiger partial charge in [-0.2, -0.15) is 0 Å². The number of nitrogens with one attached hydrogen (secondary N) is 1. The summed E-state index contributed by atoms with van der Waals surface area (Å²) in [5.74, 6) is -1.29. The summed E-state index contributed by atoms with van der Waals surface area (Å²) in [6.07, 6.45) is 0. The molecule has 21 heavy (non-hydrogen) atoms. The molecule has 9 heteroatoms. The Morgan fingerprint density at radius 2 is 1.71 bits per heavy atom. The van der Waals surface area contributed by atoms with Crippen LogP contribution in [0.3, 0.4) is 0 Å². The Morgan fingerprint density at radius 1 is 1.05 bits per heavy atom. The summed E-state index contributed by atoms with van der Waals surface area (Å²) in [6.45, 7) is 0. The third kappa shape index (κ3) is 3.53. The second-order valence-electron chi connectivity index (χ2n) is 4.03. The first-order valence-electron chi connectivity index (χ1n) is 5.43. The number of halogens is 4. The maximum Gasteiger partial charge on any atom is 0.264 e. The molecule has 0 unspecified atom stereocenters. The van der Waals surface area contributed by atoms with Gasteiger partial charge in [-0.05, 0) is 62.2 Å². The molecule has 0 spiro atoms. The largest absolute Gasteiger partial charge is 0.398 e. The third-order valence-electron chi connectivity index (χ3n) is 2.51. The topological polar surface area (TPSA) is 72.2 Å². The predicted octanol–water partition coefficient (Wildman–Crippen LogP) is 3.87. The molecule has 0 aliphatic rings. The first kappa shape index (κ1) is 16.2. The van der Waals surface area contributed by atoms with Crippen LogP contribution in [0.2, 0.25) is 0 Å². The Morgan fingerprint density at radius 3 is 2.38 bits per heavy atom. The lowest BCUT2D eigenvalue weighted by molar-refractivity contribution is 0.599. The van der Waals surface area contributed by atoms with Gasteiger partial charge in [0.05, 0.1) is 15.8 Å². The fourth-order valence-electron chi connectivity index (χ4n) is 1.55. The van der Waals surface area contributed by atoms with Crippen molar-refractivity contribution in [2.45, 2.75) is 4.90 Å². The van der Waals surface area contributed by atoms with E-state index in [0.29, 0.717) is 4.47 Å². The molecule has 112 valence electrons. The average molecular weight is 442 g/mol. The van der Waals surface area contributed by atoms with Crippen LogP contribution in [0, 0.1) is 11.6 Å². The Hall–Kier alpha value is -1.19. The third-order valence-corrected chi connectivity index (χ3v) is 5.24. The first-order valence-corrected chi connectivity index (χ1v) is 8.50. The van der Waals surface area contributed by atoms with Gasteiger partial charge < -0.3 is 5.73 Å². The molecule has 0 heterocycles. The van der Waals surface area contributed by atoms with E-state index in [-0.39, 0.29) is 20.7 Å². The molecule has 2 aromatic rings. The summed E-state index contributed by atoms with van der Waals surface area (Å²) in [5, 5.41) is 0. The summed E-state index contributed by atoms with van der Waals surface area (Å²) in [5.41, 5.74) is 5.29. The predicted molar refractivity (Wildman–Crippen MR) is 83.4 cm³/mol. The van der Waals surface area contributed by atoms with Crippen LogP contribution in [0.4, 0.5) is 20.2 Å². The van der Waals surface area contributed by atoms with E-state index >= 15 is 0 Å². The number of anilines is 2. The number of hydrogen-bond acceptors (Lipinski definition) is 3. The number of nitrogens with two attached hydrogens (primary N) is 1. The number of benzene rings is 2. The van der Waals surface area contributed by atoms with Crippen LogP contribution in [-0.4, -0.2) is 8.42 Å². The standard InChI is InChI=1S/C12H8Br2F2N2O2S/c13-7-2-1-6(15)3-11(7)18-21(19,20)12-4-8(14)9(16)5-10(12)17/h1-5,18H,17H2. The fraction of sp³-hybridized carbons (Fsp3) is 0. The van der Waals surface area contributed by atoms with Crippen LogP contribution in [0.15, 0.2) is 44.2 Å². The van der Waals surface area contributed by atoms with Crippen molar-refractivity contribution in [3.63, 3.8) is 0 Å². The zero-order valence-electron chi connectivity index (χ0n) is 10.2. The Balaban J connectivity index is 2.48. The molecule has 2 rings (SSSR count). The van der Waals surface area contributed by atoms with Gasteiger partial charge in [0, 0.05) is 4.47 Å². The maximum atomic E-state index is 13.3. The van der Waals surface area contributed by atoms with Crippen molar-refractivity contribution in [1.82, 2.24) is 0 Å². The van der Waals surface area contributed by atoms with Gasteiger partial charge in [-0.1, -0.05) is 0 Å². The minimum atomic E-state index is -4.09. The highest BCUT2D eigenvalue weighted by Gasteiger charge is 2.21. The van der Waals surface area contributed by atoms with Crippen LogP contribution in [0.25, 0.3) is 0 Å². The lowest BCUT2D eigenvalue weighted by atomic mass is 10.3. The Bertz CT molecular complexity index is 813. The molecular formula is C12H8Br2F2N2O2S. The summed E-state index contributed by atoms with van der Waals surface area (Å²) in [6, 6.07) is 5.47. The van der Waals surface area contributed by atoms with Crippen LogP contribution < -0.4 is 10.5 Å². The molecule has 0 fully saturated rings. The van der Waals surface area contributed by atoms with Gasteiger partial charge in [0.1, 0.15) is 16.5 Å². The van der Waals surface area contributed by atoms with Crippen LogP contribution >= 0.6 is 31.9 Å². The molecule has 0 aliphatic heterocycles. The molecule has 0 bridgehead atoms. The van der Waals surface area contributed by atoms with Crippen molar-refractivity contribution in [1.29, 1.82) is 0 Å². The minimum Gasteiger partial charge on any atom is -0.398 e. The van der Waals surface area contributed by atoms with E-state index in [4.69, 9.17) is 5.73 Å². The molecule has 3 N–H and O–H groups in total. The van der Waals surface area contributed by atoms with Crippen molar-refractivity contribution in [2.75, 3.05) is 10.5 Å². The SMILES string of the molecule is Nc1cc(F)c(Br)cc1S(=O)(=O)Nc1cc(F)ccc1Br. The highest BCUT2D eigenvalue weighted by molar-refractivity contribution is 9.10. The number of rotatable bonds is 3. The van der Waals surface area contributed by atoms with Crippen LogP contribution in [0.1, 0.15) is 0 Å². The second kappa shape index (κ2) is 5.90. The van der Waals surface area contributed by atoms with Crippen molar-refractivity contribution >= 4 is 53.3 Å². The quantitative estimate of drug-likeness (QED) is 0.710. The van der Waals surface area contributed by atoms with E-state index in [1.54, 1.807) is 0 Å². The van der Waals surface area contributed by atoms with Crippen molar-refractivity contribution in [3.8, 4) is 0 Å². The van der Waals surface area contributed by atoms with Crippen LogP contribution in [-0.2, 0) is 10.0 Å². The Kier molecular flexibility index (Phi) is 4.54. The smallest absolute Gasteiger partial charge is 0.264 e. The number of nitrogen functional groups attached to an aromatic ring is 1. The normalized spacial score (nSPS) is 11.4. The molecule has 4 nitrogen and oxygen atoms in total. The Labute approximate surface area is 136 Å². The second-order valence-corrected chi connectivity index (χ2v) is 7.39. The minimum absolute atomic E-state index is 0.00912. The van der Waals surface area contributed by atoms with Gasteiger partial charge in [-0.15, -0.1) is 0 Å². The van der Waals surface area contributed by atoms with E-state index < -0.39 is 21.7 Å². The van der Waals surface area contributed by atoms with Crippen molar-refractivity contribution in [2.24, 2.45) is 0 Å². The van der Waals surface area contributed by atoms with E-state index in [2.05, 4.69) is 36.6 Å². The number of sulfonamides is 1. The van der Waals surface area contributed by atoms with Gasteiger partial charge in [0.25, 0.3) is 10.0 Å². The molecule has 0 amide bonds. The first-order chi connectivity index (χ1) is 9.70. The lowest BCUT2D eigenvalue weighted by Gasteiger charge is -2.12. The van der Waals surface area contributed by atoms with Crippen molar-refractivity contribution in [3.05, 3.63) is 50.9 Å². The highest BCUT2D eigenvalue weighted by atomic mass is 79.9. The van der Waals surface area contributed by atoms with Gasteiger partial charge in [-0.25, -0.2) is 17.2 Å². The number of hydrogen-bond donors (Lipinski definition) is 2. The molecule has 0 saturated heterocycles. The summed E-state index contributed by atoms with van der Waals surface area (Å²) in [4.78, 5) is -0.313. The monoisotopic (exact) mass is 440 g/mol. The molecule has 0 saturated carbocycles. The average Bonchev–Trinajstić information content (AvgIpc) is 2.37.